The van der Waals surface area contributed by atoms with Crippen LogP contribution < -0.4 is 0 Å². The van der Waals surface area contributed by atoms with E-state index in [2.05, 4.69) is 33.8 Å². The van der Waals surface area contributed by atoms with E-state index >= 15 is 0 Å². The number of aryl methyl sites for hydroxylation is 1. The van der Waals surface area contributed by atoms with Crippen molar-refractivity contribution in [3.63, 3.8) is 0 Å². The Kier molecular flexibility index (Phi) is 3.45. The number of nitrogens with zero attached hydrogens (tertiary/aromatic N) is 4. The predicted octanol–water partition coefficient (Wildman–Crippen LogP) is 4.56. The molecule has 0 aliphatic rings. The summed E-state index contributed by atoms with van der Waals surface area (Å²) in [4.78, 5) is 12.3. The number of hydrogen-bond acceptors (Lipinski definition) is 5. The first-order valence-corrected chi connectivity index (χ1v) is 8.81. The van der Waals surface area contributed by atoms with Gasteiger partial charge in [-0.05, 0) is 30.5 Å². The number of pyridine rings is 1. The molecular weight excluding hydrogens is 324 g/mol. The number of nitriles is 1. The predicted molar refractivity (Wildman–Crippen MR) is 93.7 cm³/mol. The molecule has 4 nitrogen and oxygen atoms in total. The molecule has 4 rings (SSSR count). The number of thiazole rings is 1. The summed E-state index contributed by atoms with van der Waals surface area (Å²) in [6, 6.07) is 10.3. The molecule has 0 amide bonds. The Bertz CT molecular complexity index is 1000. The van der Waals surface area contributed by atoms with Crippen molar-refractivity contribution in [3.05, 3.63) is 52.6 Å². The second-order valence-corrected chi connectivity index (χ2v) is 7.22. The Labute approximate surface area is 141 Å². The van der Waals surface area contributed by atoms with Crippen LogP contribution in [0.4, 0.5) is 0 Å². The monoisotopic (exact) mass is 336 g/mol. The van der Waals surface area contributed by atoms with E-state index in [1.54, 1.807) is 35.1 Å². The molecule has 0 saturated carbocycles. The minimum absolute atomic E-state index is 0.319. The van der Waals surface area contributed by atoms with Crippen molar-refractivity contribution in [2.45, 2.75) is 13.3 Å². The molecule has 0 aromatic carbocycles. The van der Waals surface area contributed by atoms with Gasteiger partial charge < -0.3 is 0 Å². The van der Waals surface area contributed by atoms with E-state index in [1.807, 2.05) is 18.2 Å². The zero-order valence-corrected chi connectivity index (χ0v) is 14.0. The molecule has 4 aromatic rings. The molecular formula is C17H12N4S2. The topological polar surface area (TPSA) is 54.0 Å². The van der Waals surface area contributed by atoms with E-state index in [-0.39, 0.29) is 0 Å². The van der Waals surface area contributed by atoms with Crippen LogP contribution in [0.25, 0.3) is 26.8 Å². The normalized spacial score (nSPS) is 11.0. The summed E-state index contributed by atoms with van der Waals surface area (Å²) in [7, 11) is 0. The van der Waals surface area contributed by atoms with Crippen LogP contribution in [-0.2, 0) is 6.42 Å². The molecule has 0 aliphatic heterocycles. The average molecular weight is 336 g/mol. The van der Waals surface area contributed by atoms with Crippen molar-refractivity contribution in [2.24, 2.45) is 0 Å². The first kappa shape index (κ1) is 14.1. The van der Waals surface area contributed by atoms with Gasteiger partial charge in [0.25, 0.3) is 0 Å². The Morgan fingerprint density at radius 1 is 1.30 bits per heavy atom. The molecule has 0 bridgehead atoms. The molecule has 4 aromatic heterocycles. The fraction of sp³-hybridized carbons (Fsp3) is 0.118. The van der Waals surface area contributed by atoms with E-state index in [0.717, 1.165) is 27.6 Å². The van der Waals surface area contributed by atoms with E-state index in [1.165, 1.54) is 9.75 Å². The summed E-state index contributed by atoms with van der Waals surface area (Å²) in [5.74, 6) is 0. The van der Waals surface area contributed by atoms with Crippen molar-refractivity contribution in [1.82, 2.24) is 14.4 Å². The van der Waals surface area contributed by atoms with E-state index in [9.17, 15) is 5.26 Å². The molecule has 6 heteroatoms. The molecule has 0 N–H and O–H groups in total. The molecule has 112 valence electrons. The third-order valence-electron chi connectivity index (χ3n) is 3.68. The molecule has 0 atom stereocenters. The van der Waals surface area contributed by atoms with Gasteiger partial charge in [0, 0.05) is 22.8 Å². The summed E-state index contributed by atoms with van der Waals surface area (Å²) < 4.78 is 2.14. The van der Waals surface area contributed by atoms with Crippen LogP contribution in [0.2, 0.25) is 0 Å². The van der Waals surface area contributed by atoms with Crippen molar-refractivity contribution in [3.8, 4) is 27.9 Å². The summed E-state index contributed by atoms with van der Waals surface area (Å²) in [5.41, 5.74) is 3.88. The zero-order chi connectivity index (χ0) is 15.8. The lowest BCUT2D eigenvalue weighted by Crippen LogP contribution is -1.95. The minimum Gasteiger partial charge on any atom is -0.284 e. The molecule has 0 fully saturated rings. The first-order chi connectivity index (χ1) is 11.3. The number of rotatable bonds is 3. The lowest BCUT2D eigenvalue weighted by molar-refractivity contribution is 1.08. The minimum atomic E-state index is 0.319. The van der Waals surface area contributed by atoms with Crippen LogP contribution in [0.15, 0.2) is 42.0 Å². The molecule has 0 unspecified atom stereocenters. The zero-order valence-electron chi connectivity index (χ0n) is 12.4. The van der Waals surface area contributed by atoms with Crippen molar-refractivity contribution < 1.29 is 0 Å². The smallest absolute Gasteiger partial charge is 0.195 e. The SMILES string of the molecule is Cc1sc2nc(-c3cccnc3)c(CC#N)n2c1-c1cccs1. The number of fused-ring (bicyclic) bond motifs is 1. The Morgan fingerprint density at radius 3 is 2.91 bits per heavy atom. The van der Waals surface area contributed by atoms with Gasteiger partial charge in [-0.3, -0.25) is 9.38 Å². The average Bonchev–Trinajstić information content (AvgIpc) is 3.25. The highest BCUT2D eigenvalue weighted by molar-refractivity contribution is 7.18. The fourth-order valence-corrected chi connectivity index (χ4v) is 4.62. The van der Waals surface area contributed by atoms with Crippen molar-refractivity contribution in [2.75, 3.05) is 0 Å². The molecule has 0 aliphatic carbocycles. The van der Waals surface area contributed by atoms with Gasteiger partial charge in [0.1, 0.15) is 0 Å². The molecule has 0 saturated heterocycles. The molecule has 0 spiro atoms. The van der Waals surface area contributed by atoms with Gasteiger partial charge in [-0.2, -0.15) is 5.26 Å². The largest absolute Gasteiger partial charge is 0.284 e. The Hall–Kier alpha value is -2.49. The standard InChI is InChI=1S/C17H12N4S2/c1-11-16(14-5-3-9-22-14)21-13(6-7-18)15(20-17(21)23-11)12-4-2-8-19-10-12/h2-5,8-10H,6H2,1H3. The van der Waals surface area contributed by atoms with E-state index in [0.29, 0.717) is 6.42 Å². The molecule has 0 radical (unpaired) electrons. The Morgan fingerprint density at radius 2 is 2.22 bits per heavy atom. The highest BCUT2D eigenvalue weighted by Gasteiger charge is 2.21. The van der Waals surface area contributed by atoms with Gasteiger partial charge in [-0.1, -0.05) is 6.07 Å². The van der Waals surface area contributed by atoms with Gasteiger partial charge >= 0.3 is 0 Å². The summed E-state index contributed by atoms with van der Waals surface area (Å²) >= 11 is 3.37. The summed E-state index contributed by atoms with van der Waals surface area (Å²) in [6.45, 7) is 2.11. The number of hydrogen-bond donors (Lipinski definition) is 0. The molecule has 23 heavy (non-hydrogen) atoms. The van der Waals surface area contributed by atoms with Gasteiger partial charge in [0.05, 0.1) is 34.4 Å². The number of thiophene rings is 1. The highest BCUT2D eigenvalue weighted by atomic mass is 32.1. The van der Waals surface area contributed by atoms with Crippen LogP contribution in [0.5, 0.6) is 0 Å². The lowest BCUT2D eigenvalue weighted by Gasteiger charge is -2.04. The maximum Gasteiger partial charge on any atom is 0.195 e. The number of imidazole rings is 1. The van der Waals surface area contributed by atoms with Gasteiger partial charge in [-0.25, -0.2) is 4.98 Å². The second-order valence-electron chi connectivity index (χ2n) is 5.09. The van der Waals surface area contributed by atoms with Crippen LogP contribution in [0.1, 0.15) is 10.6 Å². The molecule has 4 heterocycles. The van der Waals surface area contributed by atoms with Gasteiger partial charge in [0.2, 0.25) is 0 Å². The van der Waals surface area contributed by atoms with Crippen LogP contribution in [-0.4, -0.2) is 14.4 Å². The van der Waals surface area contributed by atoms with Crippen LogP contribution in [0, 0.1) is 18.3 Å². The van der Waals surface area contributed by atoms with Gasteiger partial charge in [0.15, 0.2) is 4.96 Å². The quantitative estimate of drug-likeness (QED) is 0.551. The third-order valence-corrected chi connectivity index (χ3v) is 5.51. The van der Waals surface area contributed by atoms with Crippen LogP contribution in [0.3, 0.4) is 0 Å². The summed E-state index contributed by atoms with van der Waals surface area (Å²) in [5, 5.41) is 11.4. The van der Waals surface area contributed by atoms with Crippen molar-refractivity contribution >= 4 is 27.6 Å². The van der Waals surface area contributed by atoms with Crippen molar-refractivity contribution in [1.29, 1.82) is 5.26 Å². The lowest BCUT2D eigenvalue weighted by atomic mass is 10.1. The maximum absolute atomic E-state index is 9.30. The second kappa shape index (κ2) is 5.61. The fourth-order valence-electron chi connectivity index (χ4n) is 2.74. The Balaban J connectivity index is 2.04. The number of aromatic nitrogens is 3. The maximum atomic E-state index is 9.30. The van der Waals surface area contributed by atoms with Crippen LogP contribution >= 0.6 is 22.7 Å². The van der Waals surface area contributed by atoms with Gasteiger partial charge in [-0.15, -0.1) is 22.7 Å². The van der Waals surface area contributed by atoms with E-state index in [4.69, 9.17) is 4.98 Å². The summed E-state index contributed by atoms with van der Waals surface area (Å²) in [6.07, 6.45) is 3.86. The third kappa shape index (κ3) is 2.25. The first-order valence-electron chi connectivity index (χ1n) is 7.11. The highest BCUT2D eigenvalue weighted by Crippen LogP contribution is 2.37. The van der Waals surface area contributed by atoms with E-state index < -0.39 is 0 Å².